The SMILES string of the molecule is C=C1C=C(CCC(=O)O)C(=O)O[C@H]1/C=C/C=C/C. The molecule has 0 aliphatic carbocycles. The number of hydrogen-bond donors (Lipinski definition) is 1. The largest absolute Gasteiger partial charge is 0.481 e. The number of allylic oxidation sites excluding steroid dienone is 3. The smallest absolute Gasteiger partial charge is 0.334 e. The highest BCUT2D eigenvalue weighted by Gasteiger charge is 2.23. The first-order valence-corrected chi connectivity index (χ1v) is 5.66. The van der Waals surface area contributed by atoms with Gasteiger partial charge in [0.25, 0.3) is 0 Å². The molecule has 1 aliphatic heterocycles. The topological polar surface area (TPSA) is 63.6 Å². The van der Waals surface area contributed by atoms with Gasteiger partial charge in [0.1, 0.15) is 6.10 Å². The lowest BCUT2D eigenvalue weighted by Gasteiger charge is -2.21. The lowest BCUT2D eigenvalue weighted by atomic mass is 10.0. The maximum Gasteiger partial charge on any atom is 0.334 e. The Morgan fingerprint density at radius 2 is 2.28 bits per heavy atom. The van der Waals surface area contributed by atoms with E-state index in [1.54, 1.807) is 18.2 Å². The highest BCUT2D eigenvalue weighted by atomic mass is 16.5. The first-order chi connectivity index (χ1) is 8.54. The summed E-state index contributed by atoms with van der Waals surface area (Å²) in [6.45, 7) is 5.69. The average Bonchev–Trinajstić information content (AvgIpc) is 2.31. The van der Waals surface area contributed by atoms with E-state index in [2.05, 4.69) is 6.58 Å². The summed E-state index contributed by atoms with van der Waals surface area (Å²) in [6, 6.07) is 0. The van der Waals surface area contributed by atoms with E-state index in [0.29, 0.717) is 11.1 Å². The minimum absolute atomic E-state index is 0.0900. The molecule has 0 aromatic carbocycles. The lowest BCUT2D eigenvalue weighted by Crippen LogP contribution is -2.24. The molecule has 1 heterocycles. The van der Waals surface area contributed by atoms with Crippen molar-refractivity contribution in [2.45, 2.75) is 25.9 Å². The van der Waals surface area contributed by atoms with Gasteiger partial charge in [0.05, 0.1) is 0 Å². The van der Waals surface area contributed by atoms with Crippen LogP contribution in [-0.2, 0) is 14.3 Å². The Morgan fingerprint density at radius 3 is 2.89 bits per heavy atom. The molecule has 1 N–H and O–H groups in total. The molecule has 0 aromatic rings. The van der Waals surface area contributed by atoms with E-state index >= 15 is 0 Å². The standard InChI is InChI=1S/C14H16O4/c1-3-4-5-6-12-10(2)9-11(14(17)18-12)7-8-13(15)16/h3-6,9,12H,2,7-8H2,1H3,(H,15,16)/b4-3+,6-5+/t12-/m0/s1. The Balaban J connectivity index is 2.71. The van der Waals surface area contributed by atoms with Crippen molar-refractivity contribution in [1.82, 2.24) is 0 Å². The van der Waals surface area contributed by atoms with Crippen molar-refractivity contribution in [3.8, 4) is 0 Å². The Labute approximate surface area is 106 Å². The summed E-state index contributed by atoms with van der Waals surface area (Å²) in [4.78, 5) is 22.1. The van der Waals surface area contributed by atoms with Crippen molar-refractivity contribution in [3.63, 3.8) is 0 Å². The minimum atomic E-state index is -0.940. The van der Waals surface area contributed by atoms with Crippen LogP contribution in [0, 0.1) is 0 Å². The number of cyclic esters (lactones) is 1. The van der Waals surface area contributed by atoms with Crippen LogP contribution in [0.5, 0.6) is 0 Å². The molecule has 1 atom stereocenters. The molecule has 0 aromatic heterocycles. The van der Waals surface area contributed by atoms with Gasteiger partial charge in [0.15, 0.2) is 0 Å². The first kappa shape index (κ1) is 14.0. The van der Waals surface area contributed by atoms with E-state index < -0.39 is 18.0 Å². The van der Waals surface area contributed by atoms with Crippen molar-refractivity contribution in [2.24, 2.45) is 0 Å². The van der Waals surface area contributed by atoms with Gasteiger partial charge in [-0.15, -0.1) is 0 Å². The van der Waals surface area contributed by atoms with Gasteiger partial charge in [-0.3, -0.25) is 4.79 Å². The van der Waals surface area contributed by atoms with Crippen molar-refractivity contribution < 1.29 is 19.4 Å². The molecule has 0 saturated heterocycles. The highest BCUT2D eigenvalue weighted by Crippen LogP contribution is 2.22. The third kappa shape index (κ3) is 4.05. The van der Waals surface area contributed by atoms with Crippen LogP contribution in [0.4, 0.5) is 0 Å². The molecular formula is C14H16O4. The molecule has 1 rings (SSSR count). The van der Waals surface area contributed by atoms with E-state index in [4.69, 9.17) is 9.84 Å². The van der Waals surface area contributed by atoms with Gasteiger partial charge in [0.2, 0.25) is 0 Å². The summed E-state index contributed by atoms with van der Waals surface area (Å²) < 4.78 is 5.17. The molecule has 1 aliphatic rings. The van der Waals surface area contributed by atoms with Gasteiger partial charge in [0, 0.05) is 12.0 Å². The highest BCUT2D eigenvalue weighted by molar-refractivity contribution is 5.91. The van der Waals surface area contributed by atoms with Gasteiger partial charge >= 0.3 is 11.9 Å². The summed E-state index contributed by atoms with van der Waals surface area (Å²) in [7, 11) is 0. The lowest BCUT2D eigenvalue weighted by molar-refractivity contribution is -0.141. The number of carboxylic acids is 1. The summed E-state index contributed by atoms with van der Waals surface area (Å²) in [5.41, 5.74) is 1.01. The fourth-order valence-electron chi connectivity index (χ4n) is 1.49. The Bertz CT molecular complexity index is 441. The van der Waals surface area contributed by atoms with Crippen LogP contribution in [0.25, 0.3) is 0 Å². The fraction of sp³-hybridized carbons (Fsp3) is 0.286. The van der Waals surface area contributed by atoms with Crippen molar-refractivity contribution in [2.75, 3.05) is 0 Å². The summed E-state index contributed by atoms with van der Waals surface area (Å²) in [5.74, 6) is -1.41. The van der Waals surface area contributed by atoms with Gasteiger partial charge in [-0.1, -0.05) is 24.8 Å². The number of ether oxygens (including phenoxy) is 1. The molecule has 0 amide bonds. The monoisotopic (exact) mass is 248 g/mol. The molecule has 0 fully saturated rings. The van der Waals surface area contributed by atoms with Crippen LogP contribution in [0.2, 0.25) is 0 Å². The van der Waals surface area contributed by atoms with Gasteiger partial charge in [-0.2, -0.15) is 0 Å². The van der Waals surface area contributed by atoms with Gasteiger partial charge in [-0.25, -0.2) is 4.79 Å². The van der Waals surface area contributed by atoms with Crippen LogP contribution in [-0.4, -0.2) is 23.1 Å². The van der Waals surface area contributed by atoms with E-state index in [-0.39, 0.29) is 12.8 Å². The predicted octanol–water partition coefficient (Wildman–Crippen LogP) is 2.39. The zero-order valence-electron chi connectivity index (χ0n) is 10.3. The predicted molar refractivity (Wildman–Crippen MR) is 67.9 cm³/mol. The van der Waals surface area contributed by atoms with Crippen molar-refractivity contribution >= 4 is 11.9 Å². The Kier molecular flexibility index (Phi) is 5.11. The first-order valence-electron chi connectivity index (χ1n) is 5.66. The molecule has 0 unspecified atom stereocenters. The third-order valence-electron chi connectivity index (χ3n) is 2.42. The number of carbonyl (C=O) groups excluding carboxylic acids is 1. The normalized spacial score (nSPS) is 20.3. The second kappa shape index (κ2) is 6.59. The molecule has 0 saturated carbocycles. The van der Waals surface area contributed by atoms with E-state index in [0.717, 1.165) is 0 Å². The van der Waals surface area contributed by atoms with Gasteiger partial charge in [-0.05, 0) is 31.1 Å². The number of hydrogen-bond acceptors (Lipinski definition) is 3. The zero-order valence-corrected chi connectivity index (χ0v) is 10.3. The number of rotatable bonds is 5. The second-order valence-electron chi connectivity index (χ2n) is 3.87. The summed E-state index contributed by atoms with van der Waals surface area (Å²) >= 11 is 0. The van der Waals surface area contributed by atoms with E-state index in [1.807, 2.05) is 19.1 Å². The molecule has 4 nitrogen and oxygen atoms in total. The molecule has 96 valence electrons. The maximum absolute atomic E-state index is 11.6. The fourth-order valence-corrected chi connectivity index (χ4v) is 1.49. The van der Waals surface area contributed by atoms with Crippen LogP contribution < -0.4 is 0 Å². The van der Waals surface area contributed by atoms with E-state index in [1.165, 1.54) is 0 Å². The Morgan fingerprint density at radius 1 is 1.56 bits per heavy atom. The van der Waals surface area contributed by atoms with Crippen molar-refractivity contribution in [1.29, 1.82) is 0 Å². The summed E-state index contributed by atoms with van der Waals surface area (Å²) in [6.07, 6.45) is 8.40. The zero-order chi connectivity index (χ0) is 13.5. The van der Waals surface area contributed by atoms with Crippen LogP contribution in [0.15, 0.2) is 48.1 Å². The third-order valence-corrected chi connectivity index (χ3v) is 2.42. The molecule has 0 spiro atoms. The van der Waals surface area contributed by atoms with E-state index in [9.17, 15) is 9.59 Å². The van der Waals surface area contributed by atoms with Crippen LogP contribution >= 0.6 is 0 Å². The number of esters is 1. The Hall–Kier alpha value is -2.10. The molecule has 0 bridgehead atoms. The molecule has 4 heteroatoms. The second-order valence-corrected chi connectivity index (χ2v) is 3.87. The number of aliphatic carboxylic acids is 1. The average molecular weight is 248 g/mol. The van der Waals surface area contributed by atoms with Crippen LogP contribution in [0.1, 0.15) is 19.8 Å². The summed E-state index contributed by atoms with van der Waals surface area (Å²) in [5, 5.41) is 8.57. The quantitative estimate of drug-likeness (QED) is 0.599. The van der Waals surface area contributed by atoms with Crippen LogP contribution in [0.3, 0.4) is 0 Å². The molecule has 0 radical (unpaired) electrons. The number of carboxylic acid groups (broad SMARTS) is 1. The minimum Gasteiger partial charge on any atom is -0.481 e. The molecular weight excluding hydrogens is 232 g/mol. The maximum atomic E-state index is 11.6. The number of carbonyl (C=O) groups is 2. The van der Waals surface area contributed by atoms with Gasteiger partial charge < -0.3 is 9.84 Å². The molecule has 18 heavy (non-hydrogen) atoms. The van der Waals surface area contributed by atoms with Crippen molar-refractivity contribution in [3.05, 3.63) is 48.1 Å².